The fourth-order valence-electron chi connectivity index (χ4n) is 0.853. The second kappa shape index (κ2) is 10.6. The number of carbonyl (C=O) groups is 2. The largest absolute Gasteiger partial charge is 0.508 e. The second-order valence-corrected chi connectivity index (χ2v) is 3.43. The van der Waals surface area contributed by atoms with Crippen molar-refractivity contribution in [1.29, 1.82) is 0 Å². The SMILES string of the molecule is CCCOC(=O)OCC(C)OC(=O)OCCOC. The summed E-state index contributed by atoms with van der Waals surface area (Å²) in [5, 5.41) is 0. The van der Waals surface area contributed by atoms with Crippen LogP contribution in [0.15, 0.2) is 0 Å². The van der Waals surface area contributed by atoms with Crippen LogP contribution in [-0.4, -0.2) is 52.0 Å². The molecule has 106 valence electrons. The van der Waals surface area contributed by atoms with E-state index in [0.717, 1.165) is 0 Å². The average molecular weight is 264 g/mol. The maximum Gasteiger partial charge on any atom is 0.508 e. The summed E-state index contributed by atoms with van der Waals surface area (Å²) in [6, 6.07) is 0. The topological polar surface area (TPSA) is 80.3 Å². The molecule has 1 unspecified atom stereocenters. The Labute approximate surface area is 106 Å². The van der Waals surface area contributed by atoms with Crippen molar-refractivity contribution in [3.8, 4) is 0 Å². The van der Waals surface area contributed by atoms with Crippen molar-refractivity contribution in [2.24, 2.45) is 0 Å². The Balaban J connectivity index is 3.60. The van der Waals surface area contributed by atoms with E-state index in [1.165, 1.54) is 7.11 Å². The molecule has 0 fully saturated rings. The van der Waals surface area contributed by atoms with Crippen molar-refractivity contribution in [2.75, 3.05) is 33.5 Å². The molecule has 0 aliphatic carbocycles. The van der Waals surface area contributed by atoms with Gasteiger partial charge in [-0.1, -0.05) is 6.92 Å². The first-order valence-electron chi connectivity index (χ1n) is 5.72. The van der Waals surface area contributed by atoms with Crippen molar-refractivity contribution >= 4 is 12.3 Å². The first kappa shape index (κ1) is 16.5. The molecule has 0 amide bonds. The molecule has 0 rings (SSSR count). The minimum Gasteiger partial charge on any atom is -0.434 e. The lowest BCUT2D eigenvalue weighted by molar-refractivity contribution is -0.0159. The van der Waals surface area contributed by atoms with Gasteiger partial charge >= 0.3 is 12.3 Å². The van der Waals surface area contributed by atoms with Crippen LogP contribution in [0.25, 0.3) is 0 Å². The molecule has 7 nitrogen and oxygen atoms in total. The number of rotatable bonds is 8. The fourth-order valence-corrected chi connectivity index (χ4v) is 0.853. The van der Waals surface area contributed by atoms with Crippen LogP contribution in [0.5, 0.6) is 0 Å². The molecule has 0 aromatic carbocycles. The minimum atomic E-state index is -0.829. The molecule has 0 aliphatic heterocycles. The van der Waals surface area contributed by atoms with Crippen molar-refractivity contribution in [2.45, 2.75) is 26.4 Å². The predicted octanol–water partition coefficient (Wildman–Crippen LogP) is 1.74. The zero-order valence-electron chi connectivity index (χ0n) is 11.0. The molecule has 7 heteroatoms. The summed E-state index contributed by atoms with van der Waals surface area (Å²) in [4.78, 5) is 22.0. The van der Waals surface area contributed by atoms with Gasteiger partial charge in [-0.2, -0.15) is 0 Å². The summed E-state index contributed by atoms with van der Waals surface area (Å²) in [5.41, 5.74) is 0. The van der Waals surface area contributed by atoms with Gasteiger partial charge < -0.3 is 23.7 Å². The van der Waals surface area contributed by atoms with Gasteiger partial charge in [-0.15, -0.1) is 0 Å². The summed E-state index contributed by atoms with van der Waals surface area (Å²) in [7, 11) is 1.49. The summed E-state index contributed by atoms with van der Waals surface area (Å²) in [6.45, 7) is 4.07. The lowest BCUT2D eigenvalue weighted by Crippen LogP contribution is -2.24. The van der Waals surface area contributed by atoms with Crippen LogP contribution >= 0.6 is 0 Å². The quantitative estimate of drug-likeness (QED) is 0.488. The minimum absolute atomic E-state index is 0.0814. The molecule has 0 spiro atoms. The Morgan fingerprint density at radius 1 is 1.00 bits per heavy atom. The van der Waals surface area contributed by atoms with Gasteiger partial charge in [-0.05, 0) is 13.3 Å². The predicted molar refractivity (Wildman–Crippen MR) is 61.4 cm³/mol. The van der Waals surface area contributed by atoms with E-state index >= 15 is 0 Å². The highest BCUT2D eigenvalue weighted by atomic mass is 16.8. The van der Waals surface area contributed by atoms with E-state index in [9.17, 15) is 9.59 Å². The first-order chi connectivity index (χ1) is 8.60. The van der Waals surface area contributed by atoms with Crippen LogP contribution in [0.2, 0.25) is 0 Å². The summed E-state index contributed by atoms with van der Waals surface area (Å²) in [5.74, 6) is 0. The zero-order chi connectivity index (χ0) is 13.8. The van der Waals surface area contributed by atoms with Gasteiger partial charge in [0.2, 0.25) is 0 Å². The van der Waals surface area contributed by atoms with Gasteiger partial charge in [0.25, 0.3) is 0 Å². The van der Waals surface area contributed by atoms with Crippen molar-refractivity contribution in [3.05, 3.63) is 0 Å². The van der Waals surface area contributed by atoms with Gasteiger partial charge in [0.1, 0.15) is 19.3 Å². The fraction of sp³-hybridized carbons (Fsp3) is 0.818. The zero-order valence-corrected chi connectivity index (χ0v) is 11.0. The van der Waals surface area contributed by atoms with E-state index in [0.29, 0.717) is 19.6 Å². The Morgan fingerprint density at radius 2 is 1.67 bits per heavy atom. The van der Waals surface area contributed by atoms with Crippen LogP contribution in [0, 0.1) is 0 Å². The Bertz CT molecular complexity index is 242. The highest BCUT2D eigenvalue weighted by Crippen LogP contribution is 1.97. The van der Waals surface area contributed by atoms with E-state index in [-0.39, 0.29) is 13.2 Å². The highest BCUT2D eigenvalue weighted by molar-refractivity contribution is 5.61. The van der Waals surface area contributed by atoms with E-state index in [4.69, 9.17) is 14.2 Å². The van der Waals surface area contributed by atoms with Crippen LogP contribution in [-0.2, 0) is 23.7 Å². The summed E-state index contributed by atoms with van der Waals surface area (Å²) < 4.78 is 23.6. The second-order valence-electron chi connectivity index (χ2n) is 3.43. The normalized spacial score (nSPS) is 11.5. The van der Waals surface area contributed by atoms with Crippen LogP contribution in [0.3, 0.4) is 0 Å². The van der Waals surface area contributed by atoms with Crippen molar-refractivity contribution < 1.29 is 33.3 Å². The molecular formula is C11H20O7. The Hall–Kier alpha value is -1.50. The Morgan fingerprint density at radius 3 is 2.28 bits per heavy atom. The molecule has 0 aliphatic rings. The maximum absolute atomic E-state index is 11.1. The standard InChI is InChI=1S/C11H20O7/c1-4-5-15-10(12)17-8-9(2)18-11(13)16-7-6-14-3/h9H,4-8H2,1-3H3. The molecule has 0 saturated heterocycles. The molecule has 0 radical (unpaired) electrons. The highest BCUT2D eigenvalue weighted by Gasteiger charge is 2.13. The third-order valence-electron chi connectivity index (χ3n) is 1.66. The number of ether oxygens (including phenoxy) is 5. The van der Waals surface area contributed by atoms with Gasteiger partial charge in [-0.25, -0.2) is 9.59 Å². The third-order valence-corrected chi connectivity index (χ3v) is 1.66. The lowest BCUT2D eigenvalue weighted by atomic mass is 10.4. The smallest absolute Gasteiger partial charge is 0.434 e. The van der Waals surface area contributed by atoms with Gasteiger partial charge in [0.15, 0.2) is 0 Å². The van der Waals surface area contributed by atoms with Crippen LogP contribution in [0.4, 0.5) is 9.59 Å². The summed E-state index contributed by atoms with van der Waals surface area (Å²) in [6.07, 6.45) is -1.49. The molecule has 0 aromatic heterocycles. The molecule has 0 aromatic rings. The maximum atomic E-state index is 11.1. The number of hydrogen-bond acceptors (Lipinski definition) is 7. The number of carbonyl (C=O) groups excluding carboxylic acids is 2. The van der Waals surface area contributed by atoms with Crippen LogP contribution < -0.4 is 0 Å². The number of methoxy groups -OCH3 is 1. The molecule has 0 N–H and O–H groups in total. The monoisotopic (exact) mass is 264 g/mol. The van der Waals surface area contributed by atoms with Crippen LogP contribution in [0.1, 0.15) is 20.3 Å². The van der Waals surface area contributed by atoms with Gasteiger partial charge in [0, 0.05) is 7.11 Å². The molecule has 1 atom stereocenters. The number of hydrogen-bond donors (Lipinski definition) is 0. The van der Waals surface area contributed by atoms with E-state index in [1.54, 1.807) is 6.92 Å². The van der Waals surface area contributed by atoms with E-state index in [1.807, 2.05) is 6.92 Å². The third kappa shape index (κ3) is 9.71. The molecular weight excluding hydrogens is 244 g/mol. The molecule has 0 heterocycles. The van der Waals surface area contributed by atoms with Crippen molar-refractivity contribution in [3.63, 3.8) is 0 Å². The average Bonchev–Trinajstić information content (AvgIpc) is 2.34. The van der Waals surface area contributed by atoms with E-state index < -0.39 is 18.4 Å². The Kier molecular flexibility index (Phi) is 9.75. The van der Waals surface area contributed by atoms with Crippen molar-refractivity contribution in [1.82, 2.24) is 0 Å². The molecule has 18 heavy (non-hydrogen) atoms. The first-order valence-corrected chi connectivity index (χ1v) is 5.72. The van der Waals surface area contributed by atoms with E-state index in [2.05, 4.69) is 9.47 Å². The molecule has 0 saturated carbocycles. The lowest BCUT2D eigenvalue weighted by Gasteiger charge is -2.13. The summed E-state index contributed by atoms with van der Waals surface area (Å²) >= 11 is 0. The molecule has 0 bridgehead atoms. The van der Waals surface area contributed by atoms with Gasteiger partial charge in [-0.3, -0.25) is 0 Å². The van der Waals surface area contributed by atoms with Gasteiger partial charge in [0.05, 0.1) is 13.2 Å².